The van der Waals surface area contributed by atoms with Crippen LogP contribution in [-0.2, 0) is 4.79 Å². The molecular formula is C28H38ClN3O3. The highest BCUT2D eigenvalue weighted by Gasteiger charge is 2.36. The van der Waals surface area contributed by atoms with Gasteiger partial charge in [0.25, 0.3) is 5.91 Å². The third-order valence-corrected chi connectivity index (χ3v) is 8.15. The molecule has 0 spiro atoms. The number of fused-ring (bicyclic) bond motifs is 1. The molecule has 0 N–H and O–H groups in total. The fourth-order valence-electron chi connectivity index (χ4n) is 5.42. The number of carbonyl (C=O) groups excluding carboxylic acids is 1. The molecule has 2 aliphatic rings. The number of hydrogen-bond acceptors (Lipinski definition) is 5. The van der Waals surface area contributed by atoms with Gasteiger partial charge in [0.15, 0.2) is 6.61 Å². The monoisotopic (exact) mass is 499 g/mol. The first kappa shape index (κ1) is 25.6. The van der Waals surface area contributed by atoms with Crippen molar-refractivity contribution in [3.05, 3.63) is 52.0 Å². The van der Waals surface area contributed by atoms with Crippen molar-refractivity contribution in [2.75, 3.05) is 51.8 Å². The summed E-state index contributed by atoms with van der Waals surface area (Å²) in [7, 11) is 3.46. The number of nitrogens with zero attached hydrogens (tertiary/aromatic N) is 3. The van der Waals surface area contributed by atoms with Gasteiger partial charge in [-0.05, 0) is 74.9 Å². The minimum absolute atomic E-state index is 0.0000646. The van der Waals surface area contributed by atoms with Crippen LogP contribution < -0.4 is 14.4 Å². The Bertz CT molecular complexity index is 1060. The molecule has 1 amide bonds. The molecule has 0 bridgehead atoms. The standard InChI is InChI=1S/C28H38ClN3O3/c1-6-30(4)28(33)18-35-26-13-11-23(19(2)20(26)3)25-9-7-8-22-17-31(14-15-32(22)25)21-10-12-24(29)27(16-21)34-5/h10-13,16,22,25H,6-9,14-15,17-18H2,1-5H3/t22-,25+/m0/s1. The molecule has 2 atom stereocenters. The second-order valence-corrected chi connectivity index (χ2v) is 10.1. The molecule has 35 heavy (non-hydrogen) atoms. The molecule has 0 saturated carbocycles. The molecule has 2 aromatic rings. The van der Waals surface area contributed by atoms with Crippen LogP contribution >= 0.6 is 11.6 Å². The number of likely N-dealkylation sites (N-methyl/N-ethyl adjacent to an activating group) is 1. The van der Waals surface area contributed by atoms with Crippen molar-refractivity contribution < 1.29 is 14.3 Å². The number of amides is 1. The van der Waals surface area contributed by atoms with E-state index in [1.54, 1.807) is 19.1 Å². The maximum atomic E-state index is 12.2. The largest absolute Gasteiger partial charge is 0.495 e. The second-order valence-electron chi connectivity index (χ2n) is 9.70. The Morgan fingerprint density at radius 3 is 2.66 bits per heavy atom. The first-order valence-corrected chi connectivity index (χ1v) is 13.0. The summed E-state index contributed by atoms with van der Waals surface area (Å²) in [5, 5.41) is 0.646. The van der Waals surface area contributed by atoms with Gasteiger partial charge < -0.3 is 19.3 Å². The second kappa shape index (κ2) is 11.1. The zero-order chi connectivity index (χ0) is 25.1. The number of anilines is 1. The Morgan fingerprint density at radius 1 is 1.11 bits per heavy atom. The lowest BCUT2D eigenvalue weighted by Gasteiger charge is -2.49. The normalized spacial score (nSPS) is 20.3. The van der Waals surface area contributed by atoms with Crippen LogP contribution in [0.25, 0.3) is 0 Å². The average Bonchev–Trinajstić information content (AvgIpc) is 2.88. The van der Waals surface area contributed by atoms with Crippen LogP contribution in [0.2, 0.25) is 5.02 Å². The van der Waals surface area contributed by atoms with Gasteiger partial charge in [0, 0.05) is 57.1 Å². The van der Waals surface area contributed by atoms with E-state index in [0.29, 0.717) is 23.7 Å². The Balaban J connectivity index is 1.48. The van der Waals surface area contributed by atoms with E-state index in [1.165, 1.54) is 36.1 Å². The van der Waals surface area contributed by atoms with Crippen LogP contribution in [0, 0.1) is 13.8 Å². The zero-order valence-electron chi connectivity index (χ0n) is 21.6. The van der Waals surface area contributed by atoms with Crippen LogP contribution in [0.1, 0.15) is 48.9 Å². The number of halogens is 1. The van der Waals surface area contributed by atoms with Crippen LogP contribution in [0.3, 0.4) is 0 Å². The van der Waals surface area contributed by atoms with Crippen molar-refractivity contribution in [2.24, 2.45) is 0 Å². The summed E-state index contributed by atoms with van der Waals surface area (Å²) in [5.74, 6) is 1.53. The third-order valence-electron chi connectivity index (χ3n) is 7.83. The predicted octanol–water partition coefficient (Wildman–Crippen LogP) is 5.24. The smallest absolute Gasteiger partial charge is 0.260 e. The molecule has 6 nitrogen and oxygen atoms in total. The molecular weight excluding hydrogens is 462 g/mol. The van der Waals surface area contributed by atoms with Crippen LogP contribution in [0.5, 0.6) is 11.5 Å². The molecule has 0 radical (unpaired) electrons. The van der Waals surface area contributed by atoms with Crippen molar-refractivity contribution >= 4 is 23.2 Å². The van der Waals surface area contributed by atoms with Crippen molar-refractivity contribution in [1.29, 1.82) is 0 Å². The lowest BCUT2D eigenvalue weighted by Crippen LogP contribution is -2.56. The van der Waals surface area contributed by atoms with E-state index in [4.69, 9.17) is 21.1 Å². The van der Waals surface area contributed by atoms with E-state index in [1.807, 2.05) is 19.1 Å². The van der Waals surface area contributed by atoms with Gasteiger partial charge in [0.2, 0.25) is 0 Å². The van der Waals surface area contributed by atoms with E-state index in [-0.39, 0.29) is 12.5 Å². The summed E-state index contributed by atoms with van der Waals surface area (Å²) < 4.78 is 11.3. The maximum absolute atomic E-state index is 12.2. The summed E-state index contributed by atoms with van der Waals surface area (Å²) in [6.45, 7) is 10.0. The summed E-state index contributed by atoms with van der Waals surface area (Å²) in [6, 6.07) is 11.3. The molecule has 0 unspecified atom stereocenters. The number of piperazine rings is 1. The van der Waals surface area contributed by atoms with E-state index in [0.717, 1.165) is 36.7 Å². The highest BCUT2D eigenvalue weighted by Crippen LogP contribution is 2.40. The third kappa shape index (κ3) is 5.39. The van der Waals surface area contributed by atoms with Crippen LogP contribution in [0.15, 0.2) is 30.3 Å². The number of piperidine rings is 1. The maximum Gasteiger partial charge on any atom is 0.260 e. The quantitative estimate of drug-likeness (QED) is 0.521. The van der Waals surface area contributed by atoms with E-state index in [9.17, 15) is 4.79 Å². The summed E-state index contributed by atoms with van der Waals surface area (Å²) in [6.07, 6.45) is 3.60. The van der Waals surface area contributed by atoms with E-state index < -0.39 is 0 Å². The van der Waals surface area contributed by atoms with Crippen molar-refractivity contribution in [1.82, 2.24) is 9.80 Å². The van der Waals surface area contributed by atoms with Crippen LogP contribution in [0.4, 0.5) is 5.69 Å². The SMILES string of the molecule is CCN(C)C(=O)COc1ccc([C@H]2CCC[C@H]3CN(c4ccc(Cl)c(OC)c4)CCN32)c(C)c1C. The molecule has 7 heteroatoms. The summed E-state index contributed by atoms with van der Waals surface area (Å²) in [5.41, 5.74) is 4.96. The van der Waals surface area contributed by atoms with Crippen molar-refractivity contribution in [2.45, 2.75) is 52.1 Å². The number of ether oxygens (including phenoxy) is 2. The Kier molecular flexibility index (Phi) is 8.12. The van der Waals surface area contributed by atoms with Gasteiger partial charge in [-0.15, -0.1) is 0 Å². The number of rotatable bonds is 7. The average molecular weight is 500 g/mol. The molecule has 2 aliphatic heterocycles. The van der Waals surface area contributed by atoms with E-state index >= 15 is 0 Å². The Hall–Kier alpha value is -2.44. The number of benzene rings is 2. The predicted molar refractivity (Wildman–Crippen MR) is 142 cm³/mol. The summed E-state index contributed by atoms with van der Waals surface area (Å²) in [4.78, 5) is 19.0. The highest BCUT2D eigenvalue weighted by molar-refractivity contribution is 6.32. The van der Waals surface area contributed by atoms with Crippen molar-refractivity contribution in [3.8, 4) is 11.5 Å². The molecule has 2 heterocycles. The topological polar surface area (TPSA) is 45.3 Å². The molecule has 2 aromatic carbocycles. The van der Waals surface area contributed by atoms with E-state index in [2.05, 4.69) is 41.8 Å². The lowest BCUT2D eigenvalue weighted by molar-refractivity contribution is -0.131. The zero-order valence-corrected chi connectivity index (χ0v) is 22.4. The number of methoxy groups -OCH3 is 1. The molecule has 190 valence electrons. The Morgan fingerprint density at radius 2 is 1.91 bits per heavy atom. The van der Waals surface area contributed by atoms with Gasteiger partial charge in [0.1, 0.15) is 11.5 Å². The van der Waals surface area contributed by atoms with Crippen molar-refractivity contribution in [3.63, 3.8) is 0 Å². The fourth-order valence-corrected chi connectivity index (χ4v) is 5.62. The molecule has 2 fully saturated rings. The van der Waals surface area contributed by atoms with Crippen LogP contribution in [-0.4, -0.2) is 68.7 Å². The highest BCUT2D eigenvalue weighted by atomic mass is 35.5. The van der Waals surface area contributed by atoms with Gasteiger partial charge in [-0.25, -0.2) is 0 Å². The first-order valence-electron chi connectivity index (χ1n) is 12.6. The minimum atomic E-state index is -0.0000646. The summed E-state index contributed by atoms with van der Waals surface area (Å²) >= 11 is 6.25. The van der Waals surface area contributed by atoms with Gasteiger partial charge in [0.05, 0.1) is 12.1 Å². The number of hydrogen-bond donors (Lipinski definition) is 0. The minimum Gasteiger partial charge on any atom is -0.495 e. The fraction of sp³-hybridized carbons (Fsp3) is 0.536. The Labute approximate surface area is 214 Å². The van der Waals surface area contributed by atoms with Gasteiger partial charge in [-0.2, -0.15) is 0 Å². The molecule has 4 rings (SSSR count). The molecule has 2 saturated heterocycles. The van der Waals surface area contributed by atoms with Gasteiger partial charge >= 0.3 is 0 Å². The van der Waals surface area contributed by atoms with Gasteiger partial charge in [-0.1, -0.05) is 17.7 Å². The lowest BCUT2D eigenvalue weighted by atomic mass is 9.86. The number of carbonyl (C=O) groups is 1. The molecule has 0 aliphatic carbocycles. The molecule has 0 aromatic heterocycles. The first-order chi connectivity index (χ1) is 16.8. The van der Waals surface area contributed by atoms with Gasteiger partial charge in [-0.3, -0.25) is 9.69 Å².